The van der Waals surface area contributed by atoms with Gasteiger partial charge < -0.3 is 10.6 Å². The van der Waals surface area contributed by atoms with Gasteiger partial charge in [0.15, 0.2) is 17.5 Å². The topological polar surface area (TPSA) is 58.2 Å². The highest BCUT2D eigenvalue weighted by molar-refractivity contribution is 5.96. The highest BCUT2D eigenvalue weighted by Crippen LogP contribution is 2.14. The molecule has 0 saturated heterocycles. The second-order valence-corrected chi connectivity index (χ2v) is 3.76. The molecule has 0 heterocycles. The van der Waals surface area contributed by atoms with E-state index in [2.05, 4.69) is 10.6 Å². The molecular formula is C12H13F3N2O2. The molecule has 0 spiro atoms. The van der Waals surface area contributed by atoms with Crippen molar-refractivity contribution >= 4 is 11.8 Å². The molecule has 104 valence electrons. The summed E-state index contributed by atoms with van der Waals surface area (Å²) in [6.45, 7) is 1.95. The fourth-order valence-electron chi connectivity index (χ4n) is 1.28. The first-order chi connectivity index (χ1) is 8.97. The van der Waals surface area contributed by atoms with Crippen LogP contribution < -0.4 is 10.6 Å². The summed E-state index contributed by atoms with van der Waals surface area (Å²) in [6.07, 6.45) is 0.734. The molecule has 0 fully saturated rings. The molecule has 4 nitrogen and oxygen atoms in total. The Bertz CT molecular complexity index is 492. The molecule has 2 N–H and O–H groups in total. The van der Waals surface area contributed by atoms with Gasteiger partial charge in [0.05, 0.1) is 12.1 Å². The maximum absolute atomic E-state index is 13.3. The van der Waals surface area contributed by atoms with Crippen molar-refractivity contribution in [2.24, 2.45) is 0 Å². The van der Waals surface area contributed by atoms with Gasteiger partial charge in [0.1, 0.15) is 0 Å². The largest absolute Gasteiger partial charge is 0.355 e. The van der Waals surface area contributed by atoms with Gasteiger partial charge in [0.2, 0.25) is 5.91 Å². The maximum Gasteiger partial charge on any atom is 0.254 e. The SMILES string of the molecule is CCCNC(=O)CNC(=O)c1ccc(F)c(F)c1F. The number of nitrogens with one attached hydrogen (secondary N) is 2. The standard InChI is InChI=1S/C12H13F3N2O2/c1-2-5-16-9(18)6-17-12(19)7-3-4-8(13)11(15)10(7)14/h3-4H,2,5-6H2,1H3,(H,16,18)(H,17,19). The van der Waals surface area contributed by atoms with Gasteiger partial charge in [-0.3, -0.25) is 9.59 Å². The molecule has 2 amide bonds. The van der Waals surface area contributed by atoms with E-state index in [-0.39, 0.29) is 6.54 Å². The Hall–Kier alpha value is -2.05. The molecule has 0 bridgehead atoms. The fraction of sp³-hybridized carbons (Fsp3) is 0.333. The molecule has 7 heteroatoms. The Kier molecular flexibility index (Phi) is 5.35. The van der Waals surface area contributed by atoms with Gasteiger partial charge in [0, 0.05) is 6.54 Å². The van der Waals surface area contributed by atoms with Crippen molar-refractivity contribution in [3.8, 4) is 0 Å². The van der Waals surface area contributed by atoms with Gasteiger partial charge in [-0.15, -0.1) is 0 Å². The van der Waals surface area contributed by atoms with Crippen molar-refractivity contribution in [2.75, 3.05) is 13.1 Å². The van der Waals surface area contributed by atoms with Crippen molar-refractivity contribution in [3.63, 3.8) is 0 Å². The number of carbonyl (C=O) groups excluding carboxylic acids is 2. The number of carbonyl (C=O) groups is 2. The molecular weight excluding hydrogens is 261 g/mol. The van der Waals surface area contributed by atoms with Crippen LogP contribution in [0.3, 0.4) is 0 Å². The molecule has 1 aromatic rings. The van der Waals surface area contributed by atoms with Crippen LogP contribution in [0.15, 0.2) is 12.1 Å². The minimum absolute atomic E-state index is 0.364. The molecule has 0 saturated carbocycles. The van der Waals surface area contributed by atoms with Crippen molar-refractivity contribution in [3.05, 3.63) is 35.1 Å². The maximum atomic E-state index is 13.3. The van der Waals surface area contributed by atoms with Crippen molar-refractivity contribution in [2.45, 2.75) is 13.3 Å². The summed E-state index contributed by atoms with van der Waals surface area (Å²) in [6, 6.07) is 1.46. The van der Waals surface area contributed by atoms with Crippen LogP contribution in [0, 0.1) is 17.5 Å². The third-order valence-corrected chi connectivity index (χ3v) is 2.26. The van der Waals surface area contributed by atoms with Crippen LogP contribution in [0.2, 0.25) is 0 Å². The van der Waals surface area contributed by atoms with E-state index in [4.69, 9.17) is 0 Å². The minimum atomic E-state index is -1.72. The predicted molar refractivity (Wildman–Crippen MR) is 61.9 cm³/mol. The van der Waals surface area contributed by atoms with Crippen molar-refractivity contribution in [1.29, 1.82) is 0 Å². The molecule has 0 radical (unpaired) electrons. The van der Waals surface area contributed by atoms with Crippen LogP contribution in [0.1, 0.15) is 23.7 Å². The zero-order valence-corrected chi connectivity index (χ0v) is 10.2. The summed E-state index contributed by atoms with van der Waals surface area (Å²) in [4.78, 5) is 22.7. The van der Waals surface area contributed by atoms with E-state index >= 15 is 0 Å². The Morgan fingerprint density at radius 3 is 2.42 bits per heavy atom. The van der Waals surface area contributed by atoms with Crippen molar-refractivity contribution < 1.29 is 22.8 Å². The van der Waals surface area contributed by atoms with Crippen molar-refractivity contribution in [1.82, 2.24) is 10.6 Å². The zero-order valence-electron chi connectivity index (χ0n) is 10.2. The fourth-order valence-corrected chi connectivity index (χ4v) is 1.28. The molecule has 1 rings (SSSR count). The molecule has 1 aromatic carbocycles. The lowest BCUT2D eigenvalue weighted by atomic mass is 10.2. The van der Waals surface area contributed by atoms with Crippen LogP contribution >= 0.6 is 0 Å². The second kappa shape index (κ2) is 6.77. The van der Waals surface area contributed by atoms with Crippen LogP contribution in [0.4, 0.5) is 13.2 Å². The van der Waals surface area contributed by atoms with E-state index in [0.29, 0.717) is 12.6 Å². The number of hydrogen-bond donors (Lipinski definition) is 2. The molecule has 0 aliphatic carbocycles. The Morgan fingerprint density at radius 2 is 1.79 bits per heavy atom. The summed E-state index contributed by atoms with van der Waals surface area (Å²) in [5.41, 5.74) is -0.651. The summed E-state index contributed by atoms with van der Waals surface area (Å²) in [7, 11) is 0. The quantitative estimate of drug-likeness (QED) is 0.796. The van der Waals surface area contributed by atoms with Gasteiger partial charge in [-0.1, -0.05) is 6.92 Å². The van der Waals surface area contributed by atoms with Crippen LogP contribution in [0.25, 0.3) is 0 Å². The van der Waals surface area contributed by atoms with Gasteiger partial charge in [-0.05, 0) is 18.6 Å². The Labute approximate surface area is 108 Å². The van der Waals surface area contributed by atoms with Crippen LogP contribution in [-0.4, -0.2) is 24.9 Å². The lowest BCUT2D eigenvalue weighted by molar-refractivity contribution is -0.120. The van der Waals surface area contributed by atoms with Gasteiger partial charge in [0.25, 0.3) is 5.91 Å². The van der Waals surface area contributed by atoms with E-state index in [1.165, 1.54) is 0 Å². The van der Waals surface area contributed by atoms with Crippen LogP contribution in [-0.2, 0) is 4.79 Å². The minimum Gasteiger partial charge on any atom is -0.355 e. The lowest BCUT2D eigenvalue weighted by Crippen LogP contribution is -2.37. The summed E-state index contributed by atoms with van der Waals surface area (Å²) < 4.78 is 38.8. The highest BCUT2D eigenvalue weighted by atomic mass is 19.2. The van der Waals surface area contributed by atoms with E-state index in [9.17, 15) is 22.8 Å². The summed E-state index contributed by atoms with van der Waals surface area (Å²) in [5.74, 6) is -6.11. The first-order valence-electron chi connectivity index (χ1n) is 5.65. The number of amides is 2. The van der Waals surface area contributed by atoms with E-state index in [0.717, 1.165) is 12.5 Å². The summed E-state index contributed by atoms with van der Waals surface area (Å²) >= 11 is 0. The zero-order chi connectivity index (χ0) is 14.4. The second-order valence-electron chi connectivity index (χ2n) is 3.76. The predicted octanol–water partition coefficient (Wildman–Crippen LogP) is 1.36. The molecule has 0 aliphatic rings. The average Bonchev–Trinajstić information content (AvgIpc) is 2.40. The molecule has 0 aromatic heterocycles. The number of benzene rings is 1. The van der Waals surface area contributed by atoms with Gasteiger partial charge in [-0.25, -0.2) is 13.2 Å². The lowest BCUT2D eigenvalue weighted by Gasteiger charge is -2.07. The number of halogens is 3. The monoisotopic (exact) mass is 274 g/mol. The molecule has 0 aliphatic heterocycles. The molecule has 0 atom stereocenters. The third kappa shape index (κ3) is 3.97. The number of rotatable bonds is 5. The molecule has 19 heavy (non-hydrogen) atoms. The summed E-state index contributed by atoms with van der Waals surface area (Å²) in [5, 5.41) is 4.61. The molecule has 0 unspecified atom stereocenters. The smallest absolute Gasteiger partial charge is 0.254 e. The Morgan fingerprint density at radius 1 is 1.11 bits per heavy atom. The third-order valence-electron chi connectivity index (χ3n) is 2.26. The van der Waals surface area contributed by atoms with E-state index in [1.54, 1.807) is 0 Å². The first-order valence-corrected chi connectivity index (χ1v) is 5.65. The van der Waals surface area contributed by atoms with E-state index < -0.39 is 34.8 Å². The van der Waals surface area contributed by atoms with Gasteiger partial charge in [-0.2, -0.15) is 0 Å². The Balaban J connectivity index is 2.64. The highest BCUT2D eigenvalue weighted by Gasteiger charge is 2.18. The van der Waals surface area contributed by atoms with Crippen LogP contribution in [0.5, 0.6) is 0 Å². The first kappa shape index (κ1) is 15.0. The number of hydrogen-bond acceptors (Lipinski definition) is 2. The normalized spacial score (nSPS) is 10.1. The van der Waals surface area contributed by atoms with Gasteiger partial charge >= 0.3 is 0 Å². The van der Waals surface area contributed by atoms with E-state index in [1.807, 2.05) is 6.92 Å². The average molecular weight is 274 g/mol.